The van der Waals surface area contributed by atoms with Crippen molar-refractivity contribution in [2.75, 3.05) is 0 Å². The first kappa shape index (κ1) is 12.0. The van der Waals surface area contributed by atoms with Crippen molar-refractivity contribution in [1.82, 2.24) is 0 Å². The van der Waals surface area contributed by atoms with Crippen molar-refractivity contribution >= 4 is 20.9 Å². The molecule has 0 heterocycles. The van der Waals surface area contributed by atoms with Crippen LogP contribution < -0.4 is 5.19 Å². The predicted octanol–water partition coefficient (Wildman–Crippen LogP) is 1.62. The van der Waals surface area contributed by atoms with Crippen LogP contribution in [0.2, 0.25) is 0 Å². The second kappa shape index (κ2) is 5.71. The average Bonchev–Trinajstić information content (AvgIpc) is 2.25. The molecular weight excluding hydrogens is 204 g/mol. The third-order valence-electron chi connectivity index (χ3n) is 2.31. The summed E-state index contributed by atoms with van der Waals surface area (Å²) in [5.41, 5.74) is 2.69. The Morgan fingerprint density at radius 3 is 2.60 bits per heavy atom. The second-order valence-electron chi connectivity index (χ2n) is 3.35. The van der Waals surface area contributed by atoms with Crippen LogP contribution in [0.4, 0.5) is 0 Å². The molecule has 3 heteroatoms. The van der Waals surface area contributed by atoms with Crippen molar-refractivity contribution in [1.29, 1.82) is 0 Å². The van der Waals surface area contributed by atoms with E-state index >= 15 is 0 Å². The first-order valence-corrected chi connectivity index (χ1v) is 6.14. The van der Waals surface area contributed by atoms with Gasteiger partial charge < -0.3 is 4.43 Å². The molecule has 80 valence electrons. The summed E-state index contributed by atoms with van der Waals surface area (Å²) in [4.78, 5) is 10.8. The minimum absolute atomic E-state index is 0.140. The minimum Gasteiger partial charge on any atom is -0.511 e. The van der Waals surface area contributed by atoms with Crippen molar-refractivity contribution in [2.24, 2.45) is 0 Å². The van der Waals surface area contributed by atoms with Crippen molar-refractivity contribution < 1.29 is 9.22 Å². The Kier molecular flexibility index (Phi) is 4.56. The summed E-state index contributed by atoms with van der Waals surface area (Å²) in [6, 6.07) is 6.21. The van der Waals surface area contributed by atoms with E-state index in [1.54, 1.807) is 0 Å². The maximum Gasteiger partial charge on any atom is 0.355 e. The Morgan fingerprint density at radius 1 is 1.33 bits per heavy atom. The number of carbonyl (C=O) groups is 1. The lowest BCUT2D eigenvalue weighted by atomic mass is 10.0. The molecule has 0 saturated carbocycles. The SMILES string of the molecule is CCc1cccc([Si]OC(C)=O)c1CC. The van der Waals surface area contributed by atoms with Gasteiger partial charge >= 0.3 is 9.76 Å². The van der Waals surface area contributed by atoms with E-state index in [1.807, 2.05) is 12.1 Å². The highest BCUT2D eigenvalue weighted by Gasteiger charge is 2.08. The van der Waals surface area contributed by atoms with Gasteiger partial charge in [-0.1, -0.05) is 32.0 Å². The molecule has 0 spiro atoms. The van der Waals surface area contributed by atoms with Crippen LogP contribution in [0.5, 0.6) is 0 Å². The minimum atomic E-state index is -0.211. The van der Waals surface area contributed by atoms with Crippen molar-refractivity contribution in [3.05, 3.63) is 29.3 Å². The lowest BCUT2D eigenvalue weighted by molar-refractivity contribution is -0.131. The molecule has 0 aromatic heterocycles. The maximum atomic E-state index is 10.8. The third kappa shape index (κ3) is 3.20. The lowest BCUT2D eigenvalue weighted by Crippen LogP contribution is -2.24. The number of rotatable bonds is 4. The van der Waals surface area contributed by atoms with Crippen molar-refractivity contribution in [3.63, 3.8) is 0 Å². The normalized spacial score (nSPS) is 10.1. The van der Waals surface area contributed by atoms with Gasteiger partial charge in [0.1, 0.15) is 0 Å². The zero-order valence-electron chi connectivity index (χ0n) is 9.46. The molecule has 0 N–H and O–H groups in total. The first-order chi connectivity index (χ1) is 7.19. The van der Waals surface area contributed by atoms with E-state index in [9.17, 15) is 4.79 Å². The summed E-state index contributed by atoms with van der Waals surface area (Å²) >= 11 is 0. The van der Waals surface area contributed by atoms with Gasteiger partial charge in [-0.05, 0) is 29.2 Å². The number of carbonyl (C=O) groups excluding carboxylic acids is 1. The summed E-state index contributed by atoms with van der Waals surface area (Å²) in [6.07, 6.45) is 2.02. The quantitative estimate of drug-likeness (QED) is 0.721. The summed E-state index contributed by atoms with van der Waals surface area (Å²) in [7, 11) is 0.140. The molecule has 2 radical (unpaired) electrons. The van der Waals surface area contributed by atoms with Crippen LogP contribution in [0.15, 0.2) is 18.2 Å². The molecule has 1 rings (SSSR count). The van der Waals surface area contributed by atoms with Crippen LogP contribution in [-0.2, 0) is 22.1 Å². The van der Waals surface area contributed by atoms with Crippen molar-refractivity contribution in [3.8, 4) is 0 Å². The fraction of sp³-hybridized carbons (Fsp3) is 0.417. The zero-order valence-corrected chi connectivity index (χ0v) is 10.5. The van der Waals surface area contributed by atoms with Gasteiger partial charge in [0.25, 0.3) is 5.97 Å². The Morgan fingerprint density at radius 2 is 2.07 bits per heavy atom. The van der Waals surface area contributed by atoms with Crippen LogP contribution in [0.3, 0.4) is 0 Å². The van der Waals surface area contributed by atoms with Crippen LogP contribution in [0.25, 0.3) is 0 Å². The Hall–Kier alpha value is -1.09. The molecule has 1 aromatic rings. The van der Waals surface area contributed by atoms with Crippen LogP contribution in [0, 0.1) is 0 Å². The number of benzene rings is 1. The van der Waals surface area contributed by atoms with Crippen molar-refractivity contribution in [2.45, 2.75) is 33.6 Å². The largest absolute Gasteiger partial charge is 0.511 e. The molecule has 0 fully saturated rings. The summed E-state index contributed by atoms with van der Waals surface area (Å²) in [5, 5.41) is 1.16. The Labute approximate surface area is 93.6 Å². The molecule has 0 aliphatic heterocycles. The molecule has 0 atom stereocenters. The second-order valence-corrected chi connectivity index (χ2v) is 4.29. The average molecular weight is 220 g/mol. The van der Waals surface area contributed by atoms with Gasteiger partial charge in [0.15, 0.2) is 0 Å². The highest BCUT2D eigenvalue weighted by Crippen LogP contribution is 2.07. The molecule has 2 nitrogen and oxygen atoms in total. The van der Waals surface area contributed by atoms with Crippen LogP contribution in [-0.4, -0.2) is 15.7 Å². The lowest BCUT2D eigenvalue weighted by Gasteiger charge is -2.10. The molecule has 1 aromatic carbocycles. The fourth-order valence-electron chi connectivity index (χ4n) is 1.61. The van der Waals surface area contributed by atoms with E-state index < -0.39 is 0 Å². The van der Waals surface area contributed by atoms with E-state index in [0.717, 1.165) is 18.0 Å². The van der Waals surface area contributed by atoms with Gasteiger partial charge in [-0.2, -0.15) is 0 Å². The van der Waals surface area contributed by atoms with Gasteiger partial charge in [0.05, 0.1) is 0 Å². The summed E-state index contributed by atoms with van der Waals surface area (Å²) < 4.78 is 5.06. The number of hydrogen-bond acceptors (Lipinski definition) is 2. The first-order valence-electron chi connectivity index (χ1n) is 5.23. The number of aryl methyl sites for hydroxylation is 1. The van der Waals surface area contributed by atoms with E-state index in [0.29, 0.717) is 0 Å². The Bertz CT molecular complexity index is 347. The van der Waals surface area contributed by atoms with E-state index in [2.05, 4.69) is 19.9 Å². The summed E-state index contributed by atoms with van der Waals surface area (Å²) in [5.74, 6) is -0.211. The topological polar surface area (TPSA) is 26.3 Å². The molecule has 15 heavy (non-hydrogen) atoms. The zero-order chi connectivity index (χ0) is 11.3. The molecule has 0 aliphatic carbocycles. The molecular formula is C12H16O2Si. The predicted molar refractivity (Wildman–Crippen MR) is 62.4 cm³/mol. The molecule has 0 saturated heterocycles. The van der Waals surface area contributed by atoms with Gasteiger partial charge in [-0.3, -0.25) is 4.79 Å². The monoisotopic (exact) mass is 220 g/mol. The van der Waals surface area contributed by atoms with Crippen LogP contribution >= 0.6 is 0 Å². The molecule has 0 bridgehead atoms. The fourth-order valence-corrected chi connectivity index (χ4v) is 2.48. The smallest absolute Gasteiger partial charge is 0.355 e. The van der Waals surface area contributed by atoms with Gasteiger partial charge in [-0.15, -0.1) is 0 Å². The maximum absolute atomic E-state index is 10.8. The van der Waals surface area contributed by atoms with E-state index in [1.165, 1.54) is 18.1 Å². The number of hydrogen-bond donors (Lipinski definition) is 0. The van der Waals surface area contributed by atoms with E-state index in [-0.39, 0.29) is 15.7 Å². The Balaban J connectivity index is 2.90. The molecule has 0 unspecified atom stereocenters. The highest BCUT2D eigenvalue weighted by molar-refractivity contribution is 6.49. The summed E-state index contributed by atoms with van der Waals surface area (Å²) in [6.45, 7) is 5.73. The molecule has 0 aliphatic rings. The standard InChI is InChI=1S/C12H16O2Si/c1-4-10-7-6-8-12(11(10)5-2)15-14-9(3)13/h6-8H,4-5H2,1-3H3. The highest BCUT2D eigenvalue weighted by atomic mass is 28.2. The van der Waals surface area contributed by atoms with Gasteiger partial charge in [0, 0.05) is 6.92 Å². The van der Waals surface area contributed by atoms with Gasteiger partial charge in [0.2, 0.25) is 0 Å². The third-order valence-corrected chi connectivity index (χ3v) is 3.39. The van der Waals surface area contributed by atoms with Crippen LogP contribution in [0.1, 0.15) is 31.9 Å². The molecule has 0 amide bonds. The van der Waals surface area contributed by atoms with Gasteiger partial charge in [-0.25, -0.2) is 0 Å². The van der Waals surface area contributed by atoms with E-state index in [4.69, 9.17) is 4.43 Å².